The van der Waals surface area contributed by atoms with Crippen molar-refractivity contribution in [1.29, 1.82) is 0 Å². The zero-order valence-corrected chi connectivity index (χ0v) is 10.8. The van der Waals surface area contributed by atoms with E-state index in [0.717, 1.165) is 0 Å². The maximum absolute atomic E-state index is 13.3. The van der Waals surface area contributed by atoms with Gasteiger partial charge in [-0.05, 0) is 29.8 Å². The van der Waals surface area contributed by atoms with E-state index in [9.17, 15) is 4.39 Å². The molecule has 2 rings (SSSR count). The van der Waals surface area contributed by atoms with Gasteiger partial charge in [-0.1, -0.05) is 25.4 Å². The van der Waals surface area contributed by atoms with Crippen LogP contribution in [-0.2, 0) is 0 Å². The van der Waals surface area contributed by atoms with Gasteiger partial charge in [-0.25, -0.2) is 4.39 Å². The molecule has 6 heteroatoms. The summed E-state index contributed by atoms with van der Waals surface area (Å²) in [7, 11) is 0. The molecule has 0 saturated heterocycles. The summed E-state index contributed by atoms with van der Waals surface area (Å²) < 4.78 is 14.9. The minimum Gasteiger partial charge on any atom is -0.269 e. The van der Waals surface area contributed by atoms with Crippen molar-refractivity contribution in [3.05, 3.63) is 40.1 Å². The van der Waals surface area contributed by atoms with Gasteiger partial charge >= 0.3 is 0 Å². The summed E-state index contributed by atoms with van der Waals surface area (Å²) in [4.78, 5) is 0. The fraction of sp³-hybridized carbons (Fsp3) is 0.273. The van der Waals surface area contributed by atoms with Gasteiger partial charge in [0.2, 0.25) is 5.28 Å². The van der Waals surface area contributed by atoms with Crippen LogP contribution in [0.25, 0.3) is 5.69 Å². The van der Waals surface area contributed by atoms with E-state index in [4.69, 9.17) is 23.2 Å². The van der Waals surface area contributed by atoms with Gasteiger partial charge < -0.3 is 0 Å². The summed E-state index contributed by atoms with van der Waals surface area (Å²) in [6.07, 6.45) is 0. The van der Waals surface area contributed by atoms with E-state index in [1.807, 2.05) is 13.8 Å². The topological polar surface area (TPSA) is 30.7 Å². The lowest BCUT2D eigenvalue weighted by Gasteiger charge is -2.10. The highest BCUT2D eigenvalue weighted by atomic mass is 35.5. The summed E-state index contributed by atoms with van der Waals surface area (Å²) >= 11 is 11.8. The maximum Gasteiger partial charge on any atom is 0.229 e. The number of nitrogens with zero attached hydrogens (tertiary/aromatic N) is 3. The molecule has 2 aromatic rings. The van der Waals surface area contributed by atoms with Gasteiger partial charge in [0.15, 0.2) is 0 Å². The Morgan fingerprint density at radius 3 is 2.47 bits per heavy atom. The molecule has 0 atom stereocenters. The van der Waals surface area contributed by atoms with Crippen molar-refractivity contribution in [2.45, 2.75) is 19.8 Å². The molecule has 3 nitrogen and oxygen atoms in total. The fourth-order valence-corrected chi connectivity index (χ4v) is 2.00. The Labute approximate surface area is 108 Å². The number of hydrogen-bond acceptors (Lipinski definition) is 2. The van der Waals surface area contributed by atoms with Crippen LogP contribution < -0.4 is 0 Å². The Hall–Kier alpha value is -1.13. The Balaban J connectivity index is 2.63. The van der Waals surface area contributed by atoms with E-state index in [1.54, 1.807) is 10.6 Å². The zero-order valence-electron chi connectivity index (χ0n) is 9.28. The lowest BCUT2D eigenvalue weighted by molar-refractivity contribution is 0.625. The second-order valence-corrected chi connectivity index (χ2v) is 4.72. The molecule has 0 aliphatic heterocycles. The lowest BCUT2D eigenvalue weighted by Crippen LogP contribution is -2.03. The minimum atomic E-state index is -0.424. The predicted octanol–water partition coefficient (Wildman–Crippen LogP) is 3.84. The molecule has 0 bridgehead atoms. The third-order valence-corrected chi connectivity index (χ3v) is 2.73. The molecular weight excluding hydrogens is 264 g/mol. The molecule has 0 amide bonds. The Morgan fingerprint density at radius 1 is 1.18 bits per heavy atom. The van der Waals surface area contributed by atoms with Gasteiger partial charge in [0.05, 0.1) is 5.69 Å². The molecule has 1 aromatic heterocycles. The van der Waals surface area contributed by atoms with Crippen LogP contribution in [0.1, 0.15) is 25.6 Å². The lowest BCUT2D eigenvalue weighted by atomic mass is 10.2. The SMILES string of the molecule is CC(C)c1nnc(Cl)n1-c1cc(F)cc(Cl)c1. The molecule has 0 unspecified atom stereocenters. The van der Waals surface area contributed by atoms with Crippen molar-refractivity contribution < 1.29 is 4.39 Å². The van der Waals surface area contributed by atoms with Crippen molar-refractivity contribution >= 4 is 23.2 Å². The van der Waals surface area contributed by atoms with E-state index in [1.165, 1.54) is 12.1 Å². The fourth-order valence-electron chi connectivity index (χ4n) is 1.56. The normalized spacial score (nSPS) is 11.2. The van der Waals surface area contributed by atoms with Crippen molar-refractivity contribution in [3.8, 4) is 5.69 Å². The second kappa shape index (κ2) is 4.63. The van der Waals surface area contributed by atoms with Crippen LogP contribution in [0.3, 0.4) is 0 Å². The number of hydrogen-bond donors (Lipinski definition) is 0. The van der Waals surface area contributed by atoms with Gasteiger partial charge in [0, 0.05) is 10.9 Å². The van der Waals surface area contributed by atoms with Crippen molar-refractivity contribution in [1.82, 2.24) is 14.8 Å². The van der Waals surface area contributed by atoms with Crippen LogP contribution >= 0.6 is 23.2 Å². The third-order valence-electron chi connectivity index (χ3n) is 2.27. The van der Waals surface area contributed by atoms with Crippen molar-refractivity contribution in [3.63, 3.8) is 0 Å². The first-order valence-electron chi connectivity index (χ1n) is 5.06. The molecule has 90 valence electrons. The first-order chi connectivity index (χ1) is 7.99. The molecule has 0 spiro atoms. The average molecular weight is 274 g/mol. The van der Waals surface area contributed by atoms with E-state index in [2.05, 4.69) is 10.2 Å². The molecule has 0 fully saturated rings. The highest BCUT2D eigenvalue weighted by molar-refractivity contribution is 6.31. The van der Waals surface area contributed by atoms with Crippen LogP contribution in [0, 0.1) is 5.82 Å². The molecule has 0 aliphatic rings. The van der Waals surface area contributed by atoms with Crippen LogP contribution in [-0.4, -0.2) is 14.8 Å². The van der Waals surface area contributed by atoms with Gasteiger partial charge in [0.1, 0.15) is 11.6 Å². The van der Waals surface area contributed by atoms with Crippen LogP contribution in [0.5, 0.6) is 0 Å². The minimum absolute atomic E-state index is 0.122. The largest absolute Gasteiger partial charge is 0.269 e. The number of aromatic nitrogens is 3. The van der Waals surface area contributed by atoms with Gasteiger partial charge in [0.25, 0.3) is 0 Å². The maximum atomic E-state index is 13.3. The van der Waals surface area contributed by atoms with Crippen molar-refractivity contribution in [2.75, 3.05) is 0 Å². The Bertz CT molecular complexity index is 531. The average Bonchev–Trinajstić information content (AvgIpc) is 2.58. The molecule has 1 heterocycles. The molecule has 0 N–H and O–H groups in total. The van der Waals surface area contributed by atoms with Crippen LogP contribution in [0.4, 0.5) is 4.39 Å². The second-order valence-electron chi connectivity index (χ2n) is 3.94. The van der Waals surface area contributed by atoms with E-state index in [-0.39, 0.29) is 11.2 Å². The summed E-state index contributed by atoms with van der Waals surface area (Å²) in [5.41, 5.74) is 0.522. The monoisotopic (exact) mass is 273 g/mol. The summed E-state index contributed by atoms with van der Waals surface area (Å²) in [6.45, 7) is 3.91. The number of rotatable bonds is 2. The zero-order chi connectivity index (χ0) is 12.6. The molecular formula is C11H10Cl2FN3. The molecule has 0 aliphatic carbocycles. The Kier molecular flexibility index (Phi) is 3.35. The smallest absolute Gasteiger partial charge is 0.229 e. The van der Waals surface area contributed by atoms with Crippen LogP contribution in [0.15, 0.2) is 18.2 Å². The first-order valence-corrected chi connectivity index (χ1v) is 5.82. The molecule has 1 aromatic carbocycles. The highest BCUT2D eigenvalue weighted by Crippen LogP contribution is 2.25. The Morgan fingerprint density at radius 2 is 1.88 bits per heavy atom. The summed E-state index contributed by atoms with van der Waals surface area (Å²) in [6, 6.07) is 4.19. The molecule has 17 heavy (non-hydrogen) atoms. The van der Waals surface area contributed by atoms with E-state index < -0.39 is 5.82 Å². The predicted molar refractivity (Wildman–Crippen MR) is 65.4 cm³/mol. The van der Waals surface area contributed by atoms with E-state index >= 15 is 0 Å². The first kappa shape index (κ1) is 12.3. The highest BCUT2D eigenvalue weighted by Gasteiger charge is 2.15. The van der Waals surface area contributed by atoms with Gasteiger partial charge in [-0.15, -0.1) is 10.2 Å². The number of benzene rings is 1. The van der Waals surface area contributed by atoms with Gasteiger partial charge in [-0.2, -0.15) is 0 Å². The summed E-state index contributed by atoms with van der Waals surface area (Å²) in [5, 5.41) is 8.25. The van der Waals surface area contributed by atoms with Gasteiger partial charge in [-0.3, -0.25) is 4.57 Å². The number of halogens is 3. The molecule has 0 saturated carbocycles. The van der Waals surface area contributed by atoms with Crippen LogP contribution in [0.2, 0.25) is 10.3 Å². The third kappa shape index (κ3) is 2.42. The standard InChI is InChI=1S/C11H10Cl2FN3/c1-6(2)10-15-16-11(13)17(10)9-4-7(12)3-8(14)5-9/h3-6H,1-2H3. The van der Waals surface area contributed by atoms with Crippen molar-refractivity contribution in [2.24, 2.45) is 0 Å². The summed E-state index contributed by atoms with van der Waals surface area (Å²) in [5.74, 6) is 0.362. The quantitative estimate of drug-likeness (QED) is 0.833. The molecule has 0 radical (unpaired) electrons. The van der Waals surface area contributed by atoms with E-state index in [0.29, 0.717) is 16.5 Å².